The zero-order valence-electron chi connectivity index (χ0n) is 14.5. The summed E-state index contributed by atoms with van der Waals surface area (Å²) in [5, 5.41) is 4.45. The number of anilines is 2. The van der Waals surface area contributed by atoms with Gasteiger partial charge in [0, 0.05) is 36.6 Å². The normalized spacial score (nSPS) is 14.2. The van der Waals surface area contributed by atoms with Crippen molar-refractivity contribution in [2.24, 2.45) is 0 Å². The van der Waals surface area contributed by atoms with Gasteiger partial charge in [0.25, 0.3) is 5.95 Å². The van der Waals surface area contributed by atoms with Crippen LogP contribution in [0.15, 0.2) is 30.6 Å². The van der Waals surface area contributed by atoms with Crippen LogP contribution in [0.3, 0.4) is 0 Å². The second-order valence-corrected chi connectivity index (χ2v) is 6.44. The number of nitrogens with zero attached hydrogens (tertiary/aromatic N) is 6. The molecule has 1 fully saturated rings. The van der Waals surface area contributed by atoms with Crippen LogP contribution in [0.4, 0.5) is 11.5 Å². The molecule has 1 aliphatic rings. The van der Waals surface area contributed by atoms with Gasteiger partial charge in [-0.15, -0.1) is 0 Å². The number of hydrogen-bond acceptors (Lipinski definition) is 6. The van der Waals surface area contributed by atoms with Crippen LogP contribution in [0.5, 0.6) is 0 Å². The van der Waals surface area contributed by atoms with Crippen LogP contribution in [0.2, 0.25) is 0 Å². The Kier molecular flexibility index (Phi) is 3.83. The van der Waals surface area contributed by atoms with Crippen molar-refractivity contribution in [2.45, 2.75) is 26.7 Å². The lowest BCUT2D eigenvalue weighted by Gasteiger charge is -2.17. The van der Waals surface area contributed by atoms with E-state index in [4.69, 9.17) is 5.73 Å². The number of hydrogen-bond donors (Lipinski definition) is 1. The molecular formula is C18H21N7. The van der Waals surface area contributed by atoms with Crippen LogP contribution < -0.4 is 10.6 Å². The van der Waals surface area contributed by atoms with E-state index < -0.39 is 0 Å². The van der Waals surface area contributed by atoms with Crippen molar-refractivity contribution in [1.82, 2.24) is 24.7 Å². The van der Waals surface area contributed by atoms with Crippen LogP contribution >= 0.6 is 0 Å². The summed E-state index contributed by atoms with van der Waals surface area (Å²) < 4.78 is 1.72. The Hall–Kier alpha value is -2.96. The highest BCUT2D eigenvalue weighted by molar-refractivity contribution is 5.66. The van der Waals surface area contributed by atoms with Gasteiger partial charge in [-0.3, -0.25) is 4.98 Å². The number of pyridine rings is 1. The third kappa shape index (κ3) is 3.05. The monoisotopic (exact) mass is 335 g/mol. The van der Waals surface area contributed by atoms with Crippen molar-refractivity contribution in [3.05, 3.63) is 42.0 Å². The molecule has 3 aromatic heterocycles. The number of aromatic nitrogens is 5. The van der Waals surface area contributed by atoms with Gasteiger partial charge in [0.15, 0.2) is 0 Å². The summed E-state index contributed by atoms with van der Waals surface area (Å²) in [4.78, 5) is 15.8. The summed E-state index contributed by atoms with van der Waals surface area (Å²) >= 11 is 0. The Morgan fingerprint density at radius 1 is 1.00 bits per heavy atom. The average molecular weight is 335 g/mol. The molecule has 0 atom stereocenters. The summed E-state index contributed by atoms with van der Waals surface area (Å²) in [6.45, 7) is 6.07. The van der Waals surface area contributed by atoms with Crippen LogP contribution in [0.25, 0.3) is 17.2 Å². The molecule has 0 spiro atoms. The SMILES string of the molecule is Cc1cc(C)n(-c2nc(N)cc(-c3cncc(N4CCCC4)c3)n2)n1. The van der Waals surface area contributed by atoms with Crippen molar-refractivity contribution >= 4 is 11.5 Å². The Balaban J connectivity index is 1.76. The van der Waals surface area contributed by atoms with Gasteiger partial charge in [-0.1, -0.05) is 0 Å². The Labute approximate surface area is 146 Å². The third-order valence-electron chi connectivity index (χ3n) is 4.42. The maximum absolute atomic E-state index is 6.03. The summed E-state index contributed by atoms with van der Waals surface area (Å²) in [5.74, 6) is 0.895. The van der Waals surface area contributed by atoms with Crippen molar-refractivity contribution in [3.63, 3.8) is 0 Å². The van der Waals surface area contributed by atoms with E-state index in [0.717, 1.165) is 41.4 Å². The van der Waals surface area contributed by atoms with E-state index in [-0.39, 0.29) is 0 Å². The molecule has 4 heterocycles. The molecule has 0 radical (unpaired) electrons. The van der Waals surface area contributed by atoms with E-state index in [1.165, 1.54) is 12.8 Å². The van der Waals surface area contributed by atoms with Gasteiger partial charge in [-0.25, -0.2) is 9.67 Å². The van der Waals surface area contributed by atoms with Crippen molar-refractivity contribution in [3.8, 4) is 17.2 Å². The van der Waals surface area contributed by atoms with Gasteiger partial charge in [0.05, 0.1) is 23.3 Å². The smallest absolute Gasteiger partial charge is 0.253 e. The van der Waals surface area contributed by atoms with Crippen molar-refractivity contribution < 1.29 is 0 Å². The molecule has 25 heavy (non-hydrogen) atoms. The number of aryl methyl sites for hydroxylation is 2. The first-order chi connectivity index (χ1) is 12.1. The maximum Gasteiger partial charge on any atom is 0.253 e. The average Bonchev–Trinajstić information content (AvgIpc) is 3.24. The molecule has 0 bridgehead atoms. The van der Waals surface area contributed by atoms with Gasteiger partial charge in [0.1, 0.15) is 5.82 Å². The topological polar surface area (TPSA) is 85.8 Å². The van der Waals surface area contributed by atoms with Gasteiger partial charge in [-0.05, 0) is 38.8 Å². The first-order valence-corrected chi connectivity index (χ1v) is 8.49. The predicted octanol–water partition coefficient (Wildman–Crippen LogP) is 2.52. The number of nitrogen functional groups attached to an aromatic ring is 1. The maximum atomic E-state index is 6.03. The summed E-state index contributed by atoms with van der Waals surface area (Å²) in [7, 11) is 0. The van der Waals surface area contributed by atoms with Gasteiger partial charge >= 0.3 is 0 Å². The lowest BCUT2D eigenvalue weighted by atomic mass is 10.2. The van der Waals surface area contributed by atoms with E-state index in [0.29, 0.717) is 11.8 Å². The fourth-order valence-corrected chi connectivity index (χ4v) is 3.24. The molecule has 2 N–H and O–H groups in total. The van der Waals surface area contributed by atoms with E-state index in [2.05, 4.69) is 31.0 Å². The van der Waals surface area contributed by atoms with E-state index in [9.17, 15) is 0 Å². The van der Waals surface area contributed by atoms with Crippen LogP contribution in [-0.2, 0) is 0 Å². The Morgan fingerprint density at radius 3 is 2.52 bits per heavy atom. The molecule has 0 saturated carbocycles. The van der Waals surface area contributed by atoms with E-state index in [1.807, 2.05) is 32.3 Å². The highest BCUT2D eigenvalue weighted by atomic mass is 15.4. The largest absolute Gasteiger partial charge is 0.384 e. The fraction of sp³-hybridized carbons (Fsp3) is 0.333. The minimum Gasteiger partial charge on any atom is -0.384 e. The minimum absolute atomic E-state index is 0.416. The zero-order valence-corrected chi connectivity index (χ0v) is 14.5. The highest BCUT2D eigenvalue weighted by Gasteiger charge is 2.15. The summed E-state index contributed by atoms with van der Waals surface area (Å²) in [5.41, 5.74) is 10.7. The lowest BCUT2D eigenvalue weighted by molar-refractivity contribution is 0.777. The Morgan fingerprint density at radius 2 is 1.80 bits per heavy atom. The first kappa shape index (κ1) is 15.6. The summed E-state index contributed by atoms with van der Waals surface area (Å²) in [6.07, 6.45) is 6.17. The van der Waals surface area contributed by atoms with Gasteiger partial charge in [-0.2, -0.15) is 10.1 Å². The molecule has 0 aromatic carbocycles. The number of nitrogens with two attached hydrogens (primary N) is 1. The van der Waals surface area contributed by atoms with Crippen LogP contribution in [0.1, 0.15) is 24.2 Å². The zero-order chi connectivity index (χ0) is 17.4. The molecule has 3 aromatic rings. The second-order valence-electron chi connectivity index (χ2n) is 6.44. The van der Waals surface area contributed by atoms with Gasteiger partial charge < -0.3 is 10.6 Å². The minimum atomic E-state index is 0.416. The summed E-state index contributed by atoms with van der Waals surface area (Å²) in [6, 6.07) is 5.88. The van der Waals surface area contributed by atoms with E-state index in [1.54, 1.807) is 10.7 Å². The molecule has 0 amide bonds. The molecule has 4 rings (SSSR count). The van der Waals surface area contributed by atoms with Crippen molar-refractivity contribution in [1.29, 1.82) is 0 Å². The molecular weight excluding hydrogens is 314 g/mol. The predicted molar refractivity (Wildman–Crippen MR) is 97.7 cm³/mol. The standard InChI is InChI=1S/C18H21N7/c1-12-7-13(2)25(23-12)18-21-16(9-17(19)22-18)14-8-15(11-20-10-14)24-5-3-4-6-24/h7-11H,3-6H2,1-2H3,(H2,19,21,22). The van der Waals surface area contributed by atoms with Crippen LogP contribution in [-0.4, -0.2) is 37.8 Å². The fourth-order valence-electron chi connectivity index (χ4n) is 3.24. The van der Waals surface area contributed by atoms with E-state index >= 15 is 0 Å². The molecule has 128 valence electrons. The lowest BCUT2D eigenvalue weighted by Crippen LogP contribution is -2.17. The second kappa shape index (κ2) is 6.16. The highest BCUT2D eigenvalue weighted by Crippen LogP contribution is 2.26. The first-order valence-electron chi connectivity index (χ1n) is 8.49. The molecule has 0 aliphatic carbocycles. The molecule has 1 saturated heterocycles. The molecule has 7 heteroatoms. The molecule has 0 unspecified atom stereocenters. The molecule has 7 nitrogen and oxygen atoms in total. The van der Waals surface area contributed by atoms with Crippen LogP contribution in [0, 0.1) is 13.8 Å². The third-order valence-corrected chi connectivity index (χ3v) is 4.42. The molecule has 1 aliphatic heterocycles. The Bertz CT molecular complexity index is 910. The van der Waals surface area contributed by atoms with Crippen molar-refractivity contribution in [2.75, 3.05) is 23.7 Å². The number of rotatable bonds is 3. The van der Waals surface area contributed by atoms with Gasteiger partial charge in [0.2, 0.25) is 0 Å². The quantitative estimate of drug-likeness (QED) is 0.791.